The Bertz CT molecular complexity index is 1270. The SMILES string of the molecule is CC1(c2ccc(Cl)cc2Cl)C(Cl)C(=O)N1c1nc2c([N+](=O)[O-])cc([N+](=O)[O-])cc2s1. The average Bonchev–Trinajstić information content (AvgIpc) is 3.09. The van der Waals surface area contributed by atoms with Crippen LogP contribution in [0.5, 0.6) is 0 Å². The Balaban J connectivity index is 1.90. The number of hydrogen-bond donors (Lipinski definition) is 0. The molecule has 1 fully saturated rings. The molecule has 0 spiro atoms. The van der Waals surface area contributed by atoms with Gasteiger partial charge in [0, 0.05) is 16.1 Å². The van der Waals surface area contributed by atoms with E-state index in [9.17, 15) is 25.0 Å². The third-order valence-electron chi connectivity index (χ3n) is 4.92. The molecule has 2 atom stereocenters. The van der Waals surface area contributed by atoms with Crippen molar-refractivity contribution < 1.29 is 14.6 Å². The molecule has 2 heterocycles. The van der Waals surface area contributed by atoms with Crippen LogP contribution in [0.4, 0.5) is 16.5 Å². The van der Waals surface area contributed by atoms with E-state index in [2.05, 4.69) is 4.98 Å². The number of carbonyl (C=O) groups is 1. The number of anilines is 1. The molecule has 4 rings (SSSR count). The van der Waals surface area contributed by atoms with Crippen LogP contribution in [0.3, 0.4) is 0 Å². The number of alkyl halides is 1. The molecule has 1 amide bonds. The molecule has 1 aromatic heterocycles. The van der Waals surface area contributed by atoms with Gasteiger partial charge in [-0.2, -0.15) is 0 Å². The summed E-state index contributed by atoms with van der Waals surface area (Å²) in [6.45, 7) is 1.68. The van der Waals surface area contributed by atoms with Gasteiger partial charge in [-0.3, -0.25) is 29.9 Å². The van der Waals surface area contributed by atoms with E-state index in [0.717, 1.165) is 17.4 Å². The molecule has 30 heavy (non-hydrogen) atoms. The molecule has 1 aliphatic heterocycles. The van der Waals surface area contributed by atoms with Crippen molar-refractivity contribution in [2.24, 2.45) is 0 Å². The molecular formula is C17H9Cl3N4O5S. The number of aromatic nitrogens is 1. The zero-order valence-electron chi connectivity index (χ0n) is 14.8. The number of amides is 1. The summed E-state index contributed by atoms with van der Waals surface area (Å²) in [6.07, 6.45) is 0. The maximum atomic E-state index is 12.6. The Morgan fingerprint density at radius 3 is 2.47 bits per heavy atom. The lowest BCUT2D eigenvalue weighted by Gasteiger charge is -2.52. The van der Waals surface area contributed by atoms with Crippen LogP contribution in [-0.4, -0.2) is 26.1 Å². The molecule has 2 unspecified atom stereocenters. The van der Waals surface area contributed by atoms with Crippen LogP contribution < -0.4 is 4.90 Å². The van der Waals surface area contributed by atoms with Crippen molar-refractivity contribution in [2.75, 3.05) is 4.90 Å². The summed E-state index contributed by atoms with van der Waals surface area (Å²) in [5.74, 6) is -0.471. The quantitative estimate of drug-likeness (QED) is 0.213. The minimum Gasteiger partial charge on any atom is -0.274 e. The minimum absolute atomic E-state index is 0.0547. The average molecular weight is 488 g/mol. The number of nitro groups is 2. The normalized spacial score (nSPS) is 21.0. The summed E-state index contributed by atoms with van der Waals surface area (Å²) >= 11 is 19.5. The Morgan fingerprint density at radius 2 is 1.87 bits per heavy atom. The fraction of sp³-hybridized carbons (Fsp3) is 0.176. The summed E-state index contributed by atoms with van der Waals surface area (Å²) in [4.78, 5) is 39.2. The highest BCUT2D eigenvalue weighted by atomic mass is 35.5. The molecule has 9 nitrogen and oxygen atoms in total. The van der Waals surface area contributed by atoms with E-state index >= 15 is 0 Å². The molecule has 1 saturated heterocycles. The second-order valence-corrected chi connectivity index (χ2v) is 8.92. The van der Waals surface area contributed by atoms with Gasteiger partial charge in [0.15, 0.2) is 10.6 Å². The highest BCUT2D eigenvalue weighted by Gasteiger charge is 2.60. The summed E-state index contributed by atoms with van der Waals surface area (Å²) < 4.78 is 0.196. The van der Waals surface area contributed by atoms with Gasteiger partial charge in [0.25, 0.3) is 5.69 Å². The number of halogens is 3. The van der Waals surface area contributed by atoms with Gasteiger partial charge in [-0.15, -0.1) is 11.6 Å². The summed E-state index contributed by atoms with van der Waals surface area (Å²) in [5, 5.41) is 22.4. The first kappa shape index (κ1) is 20.7. The van der Waals surface area contributed by atoms with Crippen LogP contribution in [0.2, 0.25) is 10.0 Å². The van der Waals surface area contributed by atoms with Gasteiger partial charge in [-0.05, 0) is 24.6 Å². The van der Waals surface area contributed by atoms with Gasteiger partial charge in [-0.25, -0.2) is 4.98 Å². The monoisotopic (exact) mass is 486 g/mol. The lowest BCUT2D eigenvalue weighted by molar-refractivity contribution is -0.393. The first-order chi connectivity index (χ1) is 14.1. The Hall–Kier alpha value is -2.53. The van der Waals surface area contributed by atoms with E-state index in [1.165, 1.54) is 17.0 Å². The molecule has 2 aromatic carbocycles. The van der Waals surface area contributed by atoms with E-state index in [0.29, 0.717) is 10.6 Å². The molecule has 0 saturated carbocycles. The van der Waals surface area contributed by atoms with Crippen molar-refractivity contribution in [1.29, 1.82) is 0 Å². The number of nitro benzene ring substituents is 2. The molecule has 3 aromatic rings. The molecule has 1 aliphatic rings. The maximum Gasteiger partial charge on any atom is 0.303 e. The number of hydrogen-bond acceptors (Lipinski definition) is 7. The van der Waals surface area contributed by atoms with E-state index in [1.807, 2.05) is 0 Å². The van der Waals surface area contributed by atoms with Gasteiger partial charge < -0.3 is 0 Å². The smallest absolute Gasteiger partial charge is 0.274 e. The third-order valence-corrected chi connectivity index (χ3v) is 7.07. The van der Waals surface area contributed by atoms with Crippen molar-refractivity contribution in [3.63, 3.8) is 0 Å². The third kappa shape index (κ3) is 2.90. The van der Waals surface area contributed by atoms with Gasteiger partial charge in [0.1, 0.15) is 5.38 Å². The van der Waals surface area contributed by atoms with Crippen LogP contribution in [0.1, 0.15) is 12.5 Å². The zero-order chi connectivity index (χ0) is 22.0. The Kier molecular flexibility index (Phi) is 4.85. The van der Waals surface area contributed by atoms with Crippen LogP contribution in [0.25, 0.3) is 10.2 Å². The number of rotatable bonds is 4. The Morgan fingerprint density at radius 1 is 1.17 bits per heavy atom. The number of carbonyl (C=O) groups excluding carboxylic acids is 1. The number of β-lactam (4-membered cyclic amide) rings is 1. The van der Waals surface area contributed by atoms with Crippen LogP contribution in [0.15, 0.2) is 30.3 Å². The summed E-state index contributed by atoms with van der Waals surface area (Å²) in [5.41, 5.74) is -1.61. The van der Waals surface area contributed by atoms with Gasteiger partial charge in [0.05, 0.1) is 26.2 Å². The van der Waals surface area contributed by atoms with Crippen LogP contribution in [-0.2, 0) is 10.3 Å². The largest absolute Gasteiger partial charge is 0.303 e. The fourth-order valence-corrected chi connectivity index (χ4v) is 5.45. The second kappa shape index (κ2) is 7.02. The highest BCUT2D eigenvalue weighted by Crippen LogP contribution is 2.51. The molecule has 0 aliphatic carbocycles. The van der Waals surface area contributed by atoms with Crippen LogP contribution >= 0.6 is 46.1 Å². The number of non-ortho nitro benzene ring substituents is 2. The highest BCUT2D eigenvalue weighted by molar-refractivity contribution is 7.22. The van der Waals surface area contributed by atoms with Crippen molar-refractivity contribution in [1.82, 2.24) is 4.98 Å². The lowest BCUT2D eigenvalue weighted by atomic mass is 9.79. The first-order valence-electron chi connectivity index (χ1n) is 8.22. The maximum absolute atomic E-state index is 12.6. The lowest BCUT2D eigenvalue weighted by Crippen LogP contribution is -2.69. The topological polar surface area (TPSA) is 119 Å². The van der Waals surface area contributed by atoms with Crippen molar-refractivity contribution in [3.8, 4) is 0 Å². The Labute approximate surface area is 187 Å². The molecule has 13 heteroatoms. The predicted octanol–water partition coefficient (Wildman–Crippen LogP) is 5.29. The van der Waals surface area contributed by atoms with Crippen molar-refractivity contribution >= 4 is 78.8 Å². The number of benzene rings is 2. The minimum atomic E-state index is -1.10. The molecule has 0 bridgehead atoms. The van der Waals surface area contributed by atoms with Gasteiger partial charge in [-0.1, -0.05) is 40.6 Å². The molecule has 154 valence electrons. The number of nitrogens with zero attached hydrogens (tertiary/aromatic N) is 4. The molecular weight excluding hydrogens is 479 g/mol. The summed E-state index contributed by atoms with van der Waals surface area (Å²) in [6, 6.07) is 6.77. The van der Waals surface area contributed by atoms with E-state index < -0.39 is 38.0 Å². The van der Waals surface area contributed by atoms with Crippen molar-refractivity contribution in [3.05, 3.63) is 66.2 Å². The fourth-order valence-electron chi connectivity index (χ4n) is 3.41. The first-order valence-corrected chi connectivity index (χ1v) is 10.2. The van der Waals surface area contributed by atoms with Crippen LogP contribution in [0, 0.1) is 20.2 Å². The predicted molar refractivity (Wildman–Crippen MR) is 114 cm³/mol. The molecule has 0 N–H and O–H groups in total. The second-order valence-electron chi connectivity index (χ2n) is 6.63. The van der Waals surface area contributed by atoms with E-state index in [1.54, 1.807) is 19.1 Å². The molecule has 0 radical (unpaired) electrons. The standard InChI is InChI=1S/C17H9Cl3N4O5S/c1-17(9-3-2-7(18)4-10(9)19)14(20)15(25)22(17)16-21-13-11(24(28)29)5-8(23(26)27)6-12(13)30-16/h2-6,14H,1H3. The van der Waals surface area contributed by atoms with Gasteiger partial charge >= 0.3 is 5.69 Å². The van der Waals surface area contributed by atoms with E-state index in [-0.39, 0.29) is 20.4 Å². The van der Waals surface area contributed by atoms with Gasteiger partial charge in [0.2, 0.25) is 5.91 Å². The zero-order valence-corrected chi connectivity index (χ0v) is 17.9. The van der Waals surface area contributed by atoms with Crippen molar-refractivity contribution in [2.45, 2.75) is 17.8 Å². The number of thiazole rings is 1. The summed E-state index contributed by atoms with van der Waals surface area (Å²) in [7, 11) is 0. The van der Waals surface area contributed by atoms with E-state index in [4.69, 9.17) is 34.8 Å². The number of fused-ring (bicyclic) bond motifs is 1.